The number of nitrogens with two attached hydrogens (primary N) is 1. The molecule has 0 radical (unpaired) electrons. The lowest BCUT2D eigenvalue weighted by Gasteiger charge is -2.32. The molecule has 4 aliphatic rings. The summed E-state index contributed by atoms with van der Waals surface area (Å²) < 4.78 is 62.1. The van der Waals surface area contributed by atoms with Crippen LogP contribution in [0.15, 0.2) is 53.5 Å². The molecule has 0 spiro atoms. The van der Waals surface area contributed by atoms with Gasteiger partial charge in [-0.1, -0.05) is 17.9 Å². The zero-order valence-corrected chi connectivity index (χ0v) is 39.7. The van der Waals surface area contributed by atoms with E-state index in [4.69, 9.17) is 25.0 Å². The average Bonchev–Trinajstić information content (AvgIpc) is 3.65. The Morgan fingerprint density at radius 2 is 1.75 bits per heavy atom. The van der Waals surface area contributed by atoms with Gasteiger partial charge in [0.05, 0.1) is 36.4 Å². The van der Waals surface area contributed by atoms with Gasteiger partial charge in [0, 0.05) is 71.4 Å². The van der Waals surface area contributed by atoms with Gasteiger partial charge in [0.15, 0.2) is 0 Å². The van der Waals surface area contributed by atoms with Gasteiger partial charge >= 0.3 is 35.1 Å². The highest BCUT2D eigenvalue weighted by molar-refractivity contribution is 7.66. The monoisotopic (exact) mass is 1010 g/mol. The number of carboxylic acids is 1. The zero-order chi connectivity index (χ0) is 49.6. The number of anilines is 2. The van der Waals surface area contributed by atoms with Crippen LogP contribution < -0.4 is 41.5 Å². The molecule has 5 atom stereocenters. The number of rotatable bonds is 14. The summed E-state index contributed by atoms with van der Waals surface area (Å²) in [7, 11) is -17.0. The number of hydrogen-bond donors (Lipinski definition) is 8. The first kappa shape index (κ1) is 49.8. The second kappa shape index (κ2) is 19.7. The van der Waals surface area contributed by atoms with Gasteiger partial charge in [0.25, 0.3) is 5.91 Å². The van der Waals surface area contributed by atoms with E-state index in [0.717, 1.165) is 95.6 Å². The topological polar surface area (TPSA) is 332 Å². The maximum absolute atomic E-state index is 13.5. The van der Waals surface area contributed by atoms with Gasteiger partial charge in [0.1, 0.15) is 42.7 Å². The fourth-order valence-corrected chi connectivity index (χ4v) is 11.9. The molecule has 26 heteroatoms. The number of aromatic nitrogens is 2. The summed E-state index contributed by atoms with van der Waals surface area (Å²) in [5.41, 5.74) is 10.2. The molecule has 1 fully saturated rings. The highest BCUT2D eigenvalue weighted by atomic mass is 31.3. The second-order valence-electron chi connectivity index (χ2n) is 16.4. The molecule has 23 nitrogen and oxygen atoms in total. The minimum absolute atomic E-state index is 0.00226. The summed E-state index contributed by atoms with van der Waals surface area (Å²) in [6, 6.07) is 12.8. The number of ether oxygens (including phenoxy) is 2. The highest BCUT2D eigenvalue weighted by Gasteiger charge is 2.43. The molecule has 0 aliphatic carbocycles. The quantitative estimate of drug-likeness (QED) is 0.0447. The van der Waals surface area contributed by atoms with E-state index in [2.05, 4.69) is 70.7 Å². The number of nitrogens with zero attached hydrogens (tertiary/aromatic N) is 4. The number of aliphatic hydroxyl groups is 1. The first-order valence-corrected chi connectivity index (χ1v) is 26.2. The van der Waals surface area contributed by atoms with Gasteiger partial charge in [-0.25, -0.2) is 27.9 Å². The van der Waals surface area contributed by atoms with Gasteiger partial charge in [-0.15, -0.1) is 0 Å². The summed E-state index contributed by atoms with van der Waals surface area (Å²) in [5.74, 6) is 4.47. The van der Waals surface area contributed by atoms with Crippen molar-refractivity contribution in [1.82, 2.24) is 19.4 Å². The van der Waals surface area contributed by atoms with E-state index in [1.807, 2.05) is 12.1 Å². The smallest absolute Gasteiger partial charge is 0.478 e. The van der Waals surface area contributed by atoms with Crippen molar-refractivity contribution in [1.29, 1.82) is 0 Å². The molecule has 1 amide bonds. The first-order valence-electron chi connectivity index (χ1n) is 21.7. The number of phosphoric ester groups is 1. The van der Waals surface area contributed by atoms with Crippen molar-refractivity contribution < 1.29 is 75.7 Å². The van der Waals surface area contributed by atoms with Crippen molar-refractivity contribution in [2.75, 3.05) is 50.0 Å². The first-order chi connectivity index (χ1) is 32.6. The van der Waals surface area contributed by atoms with Crippen LogP contribution in [0.3, 0.4) is 0 Å². The van der Waals surface area contributed by atoms with Crippen LogP contribution in [0.25, 0.3) is 5.57 Å². The van der Waals surface area contributed by atoms with Crippen molar-refractivity contribution in [3.8, 4) is 23.3 Å². The largest absolute Gasteiger partial charge is 0.490 e. The maximum Gasteiger partial charge on any atom is 0.490 e. The number of aliphatic hydroxyl groups excluding tert-OH is 1. The Morgan fingerprint density at radius 1 is 0.986 bits per heavy atom. The molecule has 4 aliphatic heterocycles. The molecule has 5 heterocycles. The minimum Gasteiger partial charge on any atom is -0.478 e. The molecule has 3 aromatic carbocycles. The third-order valence-corrected chi connectivity index (χ3v) is 15.8. The van der Waals surface area contributed by atoms with Crippen LogP contribution in [0.2, 0.25) is 0 Å². The number of aryl methyl sites for hydroxylation is 2. The molecule has 9 N–H and O–H groups in total. The number of fused-ring (bicyclic) bond motifs is 4. The van der Waals surface area contributed by atoms with E-state index < -0.39 is 66.1 Å². The SMILES string of the molecule is CCN1CCCc2cc3c(cc21)Oc1cc2c(cc1=C3c1ccc(C(=O)NCC#Cc3cn([C@H]4C[C@H](O)[C@@H](COP(=O)(O)OP(=O)(O)OP(=O)(O)O)O4)c(=O)nc3N)cc1C(=O)O)CCC[N+]=2CC. The molecule has 8 rings (SSSR count). The van der Waals surface area contributed by atoms with Gasteiger partial charge in [-0.05, 0) is 68.5 Å². The third-order valence-electron chi connectivity index (χ3n) is 12.0. The number of carbonyl (C=O) groups excluding carboxylic acids is 1. The van der Waals surface area contributed by atoms with Crippen LogP contribution in [0.5, 0.6) is 11.5 Å². The van der Waals surface area contributed by atoms with Crippen LogP contribution >= 0.6 is 23.5 Å². The summed E-state index contributed by atoms with van der Waals surface area (Å²) in [6.07, 6.45) is 0.347. The standard InChI is InChI=1S/C43H47N6O17P3/c1-3-47-14-6-9-24-16-30-35(19-32(24)47)63-36-20-33-25(10-7-15-48(33)4-2)17-31(36)39(30)28-12-11-26(18-29(28)42(52)53)41(51)45-13-5-8-27-22-49(43(54)46-40(27)44)38-21-34(50)37(64-38)23-62-68(58,59)66-69(60,61)65-67(55,56)57/h11-12,16-20,22,34,37-38,50H,3-4,6-7,9-10,13-15,21,23H2,1-2H3,(H7-,44,45,46,51,52,53,54,55,56,57,58,59,60,61)/p+1/t34-,37+,38+/m0/s1. The Morgan fingerprint density at radius 3 is 2.48 bits per heavy atom. The highest BCUT2D eigenvalue weighted by Crippen LogP contribution is 2.66. The Hall–Kier alpha value is -5.56. The fourth-order valence-electron chi connectivity index (χ4n) is 8.89. The number of amides is 1. The van der Waals surface area contributed by atoms with Crippen LogP contribution in [-0.2, 0) is 44.4 Å². The van der Waals surface area contributed by atoms with Crippen LogP contribution in [-0.4, -0.2) is 103 Å². The maximum atomic E-state index is 13.5. The number of aromatic carboxylic acids is 1. The van der Waals surface area contributed by atoms with Crippen LogP contribution in [0.4, 0.5) is 11.5 Å². The summed E-state index contributed by atoms with van der Waals surface area (Å²) in [6.45, 7) is 6.46. The Kier molecular flexibility index (Phi) is 14.2. The molecule has 0 bridgehead atoms. The van der Waals surface area contributed by atoms with Gasteiger partial charge < -0.3 is 55.2 Å². The minimum atomic E-state index is -5.80. The van der Waals surface area contributed by atoms with E-state index in [0.29, 0.717) is 22.6 Å². The van der Waals surface area contributed by atoms with Crippen molar-refractivity contribution >= 4 is 52.4 Å². The van der Waals surface area contributed by atoms with Crippen LogP contribution in [0, 0.1) is 11.8 Å². The van der Waals surface area contributed by atoms with Crippen molar-refractivity contribution in [3.05, 3.63) is 109 Å². The number of carbonyl (C=O) groups is 2. The zero-order valence-electron chi connectivity index (χ0n) is 37.0. The lowest BCUT2D eigenvalue weighted by atomic mass is 9.86. The number of carboxylic acid groups (broad SMARTS) is 1. The predicted molar refractivity (Wildman–Crippen MR) is 245 cm³/mol. The van der Waals surface area contributed by atoms with Gasteiger partial charge in [0.2, 0.25) is 5.36 Å². The average molecular weight is 1010 g/mol. The van der Waals surface area contributed by atoms with E-state index in [1.165, 1.54) is 6.07 Å². The molecular formula is C43H48N6O17P3+. The summed E-state index contributed by atoms with van der Waals surface area (Å²) in [5, 5.41) is 25.7. The van der Waals surface area contributed by atoms with E-state index in [9.17, 15) is 48.1 Å². The molecule has 69 heavy (non-hydrogen) atoms. The van der Waals surface area contributed by atoms with Crippen LogP contribution in [0.1, 0.15) is 87.9 Å². The van der Waals surface area contributed by atoms with Crippen molar-refractivity contribution in [3.63, 3.8) is 0 Å². The number of benzene rings is 3. The number of phosphoric acid groups is 3. The summed E-state index contributed by atoms with van der Waals surface area (Å²) in [4.78, 5) is 82.1. The molecule has 366 valence electrons. The molecule has 1 aromatic heterocycles. The lowest BCUT2D eigenvalue weighted by molar-refractivity contribution is -0.0449. The number of nitrogen functional groups attached to an aromatic ring is 1. The van der Waals surface area contributed by atoms with E-state index in [1.54, 1.807) is 12.1 Å². The van der Waals surface area contributed by atoms with Crippen molar-refractivity contribution in [2.24, 2.45) is 0 Å². The molecular weight excluding hydrogens is 965 g/mol. The molecule has 0 saturated carbocycles. The second-order valence-corrected chi connectivity index (χ2v) is 20.8. The lowest BCUT2D eigenvalue weighted by Crippen LogP contribution is -2.39. The van der Waals surface area contributed by atoms with E-state index >= 15 is 0 Å². The Bertz CT molecular complexity index is 3180. The fraction of sp³-hybridized carbons (Fsp3) is 0.372. The van der Waals surface area contributed by atoms with E-state index in [-0.39, 0.29) is 35.5 Å². The summed E-state index contributed by atoms with van der Waals surface area (Å²) >= 11 is 0. The number of nitrogens with one attached hydrogen (secondary N) is 1. The van der Waals surface area contributed by atoms with Gasteiger partial charge in [-0.3, -0.25) is 13.9 Å². The van der Waals surface area contributed by atoms with Gasteiger partial charge in [-0.2, -0.15) is 13.6 Å². The Balaban J connectivity index is 1.01. The molecule has 2 unspecified atom stereocenters. The predicted octanol–water partition coefficient (Wildman–Crippen LogP) is 1.88. The Labute approximate surface area is 392 Å². The third kappa shape index (κ3) is 10.9. The van der Waals surface area contributed by atoms with Crippen molar-refractivity contribution in [2.45, 2.75) is 64.4 Å². The molecule has 1 saturated heterocycles. The molecule has 4 aromatic rings. The normalized spacial score (nSPS) is 20.2. The number of hydrogen-bond acceptors (Lipinski definition) is 15.